The first-order valence-corrected chi connectivity index (χ1v) is 7.80. The lowest BCUT2D eigenvalue weighted by Crippen LogP contribution is -2.43. The summed E-state index contributed by atoms with van der Waals surface area (Å²) in [7, 11) is 0. The number of rotatable bonds is 7. The van der Waals surface area contributed by atoms with Crippen LogP contribution in [0.2, 0.25) is 0 Å². The molecule has 1 N–H and O–H groups in total. The fourth-order valence-electron chi connectivity index (χ4n) is 3.12. The normalized spacial score (nSPS) is 25.8. The predicted molar refractivity (Wildman–Crippen MR) is 78.0 cm³/mol. The second-order valence-electron chi connectivity index (χ2n) is 6.65. The first-order valence-electron chi connectivity index (χ1n) is 7.80. The van der Waals surface area contributed by atoms with Crippen molar-refractivity contribution in [3.63, 3.8) is 0 Å². The van der Waals surface area contributed by atoms with Crippen LogP contribution in [0, 0.1) is 0 Å². The second-order valence-corrected chi connectivity index (χ2v) is 6.65. The molecule has 1 heterocycles. The molecule has 106 valence electrons. The number of likely N-dealkylation sites (tertiary alicyclic amines) is 1. The van der Waals surface area contributed by atoms with Gasteiger partial charge in [0.25, 0.3) is 0 Å². The van der Waals surface area contributed by atoms with Crippen LogP contribution >= 0.6 is 0 Å². The molecule has 1 atom stereocenters. The summed E-state index contributed by atoms with van der Waals surface area (Å²) in [5, 5.41) is 3.76. The van der Waals surface area contributed by atoms with E-state index >= 15 is 0 Å². The largest absolute Gasteiger partial charge is 0.310 e. The van der Waals surface area contributed by atoms with Crippen molar-refractivity contribution in [3.8, 4) is 0 Å². The van der Waals surface area contributed by atoms with E-state index in [0.717, 1.165) is 12.1 Å². The Labute approximate surface area is 113 Å². The molecule has 0 amide bonds. The molecule has 3 heteroatoms. The van der Waals surface area contributed by atoms with Crippen molar-refractivity contribution in [3.05, 3.63) is 0 Å². The Morgan fingerprint density at radius 3 is 2.28 bits per heavy atom. The van der Waals surface area contributed by atoms with Gasteiger partial charge in [-0.25, -0.2) is 0 Å². The molecule has 0 aromatic carbocycles. The third-order valence-electron chi connectivity index (χ3n) is 4.32. The topological polar surface area (TPSA) is 18.5 Å². The molecule has 0 spiro atoms. The molecule has 2 aliphatic rings. The molecule has 1 unspecified atom stereocenters. The van der Waals surface area contributed by atoms with E-state index < -0.39 is 0 Å². The predicted octanol–water partition coefficient (Wildman–Crippen LogP) is 1.93. The van der Waals surface area contributed by atoms with Crippen molar-refractivity contribution in [2.24, 2.45) is 0 Å². The van der Waals surface area contributed by atoms with E-state index in [-0.39, 0.29) is 0 Å². The first kappa shape index (κ1) is 14.3. The molecule has 0 bridgehead atoms. The number of hydrogen-bond acceptors (Lipinski definition) is 3. The van der Waals surface area contributed by atoms with Crippen LogP contribution in [0.1, 0.15) is 47.0 Å². The number of hydrogen-bond donors (Lipinski definition) is 1. The molecule has 1 saturated heterocycles. The Bertz CT molecular complexity index is 240. The zero-order chi connectivity index (χ0) is 13.1. The average Bonchev–Trinajstić information content (AvgIpc) is 2.97. The minimum atomic E-state index is 0.660. The molecule has 18 heavy (non-hydrogen) atoms. The molecule has 1 aliphatic heterocycles. The van der Waals surface area contributed by atoms with Crippen LogP contribution in [0.4, 0.5) is 0 Å². The lowest BCUT2D eigenvalue weighted by molar-refractivity contribution is 0.151. The van der Waals surface area contributed by atoms with E-state index in [1.807, 2.05) is 0 Å². The Balaban J connectivity index is 1.66. The molecule has 0 aromatic heterocycles. The molecular weight excluding hydrogens is 222 g/mol. The maximum Gasteiger partial charge on any atom is 0.0209 e. The zero-order valence-corrected chi connectivity index (χ0v) is 12.7. The molecule has 0 aromatic rings. The SMILES string of the molecule is CC(C)N(CCN1CCC(NC2CC2)C1)C(C)C. The third kappa shape index (κ3) is 4.22. The standard InChI is InChI=1S/C15H31N3/c1-12(2)18(13(3)4)10-9-17-8-7-15(11-17)16-14-5-6-14/h12-16H,5-11H2,1-4H3. The summed E-state index contributed by atoms with van der Waals surface area (Å²) in [5.41, 5.74) is 0. The summed E-state index contributed by atoms with van der Waals surface area (Å²) in [6, 6.07) is 2.95. The summed E-state index contributed by atoms with van der Waals surface area (Å²) >= 11 is 0. The van der Waals surface area contributed by atoms with E-state index in [1.165, 1.54) is 45.4 Å². The summed E-state index contributed by atoms with van der Waals surface area (Å²) < 4.78 is 0. The van der Waals surface area contributed by atoms with E-state index in [1.54, 1.807) is 0 Å². The Morgan fingerprint density at radius 1 is 1.06 bits per heavy atom. The van der Waals surface area contributed by atoms with Gasteiger partial charge in [0.15, 0.2) is 0 Å². The quantitative estimate of drug-likeness (QED) is 0.748. The highest BCUT2D eigenvalue weighted by Crippen LogP contribution is 2.21. The van der Waals surface area contributed by atoms with Crippen molar-refractivity contribution >= 4 is 0 Å². The molecule has 2 fully saturated rings. The van der Waals surface area contributed by atoms with Crippen molar-refractivity contribution in [2.45, 2.75) is 71.1 Å². The minimum Gasteiger partial charge on any atom is -0.310 e. The fourth-order valence-corrected chi connectivity index (χ4v) is 3.12. The van der Waals surface area contributed by atoms with Gasteiger partial charge in [0, 0.05) is 43.8 Å². The fraction of sp³-hybridized carbons (Fsp3) is 1.00. The molecule has 1 saturated carbocycles. The Kier molecular flexibility index (Phi) is 5.05. The summed E-state index contributed by atoms with van der Waals surface area (Å²) in [6.45, 7) is 14.2. The van der Waals surface area contributed by atoms with Crippen LogP contribution in [0.25, 0.3) is 0 Å². The highest BCUT2D eigenvalue weighted by Gasteiger charge is 2.29. The zero-order valence-electron chi connectivity index (χ0n) is 12.7. The van der Waals surface area contributed by atoms with Crippen LogP contribution in [0.15, 0.2) is 0 Å². The molecule has 1 aliphatic carbocycles. The van der Waals surface area contributed by atoms with Crippen LogP contribution in [0.5, 0.6) is 0 Å². The maximum atomic E-state index is 3.76. The van der Waals surface area contributed by atoms with Crippen LogP contribution in [-0.4, -0.2) is 60.1 Å². The van der Waals surface area contributed by atoms with Gasteiger partial charge in [0.05, 0.1) is 0 Å². The van der Waals surface area contributed by atoms with Crippen molar-refractivity contribution < 1.29 is 0 Å². The van der Waals surface area contributed by atoms with Gasteiger partial charge in [-0.2, -0.15) is 0 Å². The van der Waals surface area contributed by atoms with Gasteiger partial charge in [0.1, 0.15) is 0 Å². The van der Waals surface area contributed by atoms with Crippen LogP contribution in [0.3, 0.4) is 0 Å². The summed E-state index contributed by atoms with van der Waals surface area (Å²) in [6.07, 6.45) is 4.16. The highest BCUT2D eigenvalue weighted by atomic mass is 15.2. The van der Waals surface area contributed by atoms with E-state index in [4.69, 9.17) is 0 Å². The van der Waals surface area contributed by atoms with Gasteiger partial charge in [-0.1, -0.05) is 0 Å². The maximum absolute atomic E-state index is 3.76. The monoisotopic (exact) mass is 253 g/mol. The van der Waals surface area contributed by atoms with Crippen molar-refractivity contribution in [2.75, 3.05) is 26.2 Å². The van der Waals surface area contributed by atoms with Crippen molar-refractivity contribution in [1.82, 2.24) is 15.1 Å². The smallest absolute Gasteiger partial charge is 0.0209 e. The number of nitrogens with zero attached hydrogens (tertiary/aromatic N) is 2. The van der Waals surface area contributed by atoms with E-state index in [9.17, 15) is 0 Å². The van der Waals surface area contributed by atoms with Gasteiger partial charge in [0.2, 0.25) is 0 Å². The van der Waals surface area contributed by atoms with E-state index in [2.05, 4.69) is 42.8 Å². The van der Waals surface area contributed by atoms with Gasteiger partial charge in [-0.3, -0.25) is 4.90 Å². The molecular formula is C15H31N3. The molecule has 0 radical (unpaired) electrons. The summed E-state index contributed by atoms with van der Waals surface area (Å²) in [4.78, 5) is 5.24. The van der Waals surface area contributed by atoms with Crippen LogP contribution in [-0.2, 0) is 0 Å². The van der Waals surface area contributed by atoms with Gasteiger partial charge < -0.3 is 10.2 Å². The first-order chi connectivity index (χ1) is 8.56. The third-order valence-corrected chi connectivity index (χ3v) is 4.32. The van der Waals surface area contributed by atoms with Gasteiger partial charge in [-0.05, 0) is 53.5 Å². The lowest BCUT2D eigenvalue weighted by Gasteiger charge is -2.32. The van der Waals surface area contributed by atoms with Crippen molar-refractivity contribution in [1.29, 1.82) is 0 Å². The Morgan fingerprint density at radius 2 is 1.72 bits per heavy atom. The van der Waals surface area contributed by atoms with Gasteiger partial charge >= 0.3 is 0 Å². The van der Waals surface area contributed by atoms with Crippen LogP contribution < -0.4 is 5.32 Å². The average molecular weight is 253 g/mol. The number of nitrogens with one attached hydrogen (secondary N) is 1. The second kappa shape index (κ2) is 6.36. The minimum absolute atomic E-state index is 0.660. The Hall–Kier alpha value is -0.120. The lowest BCUT2D eigenvalue weighted by atomic mass is 10.2. The van der Waals surface area contributed by atoms with E-state index in [0.29, 0.717) is 12.1 Å². The highest BCUT2D eigenvalue weighted by molar-refractivity contribution is 4.89. The van der Waals surface area contributed by atoms with Gasteiger partial charge in [-0.15, -0.1) is 0 Å². The molecule has 2 rings (SSSR count). The molecule has 3 nitrogen and oxygen atoms in total. The summed E-state index contributed by atoms with van der Waals surface area (Å²) in [5.74, 6) is 0.